The number of rotatable bonds is 5. The van der Waals surface area contributed by atoms with Gasteiger partial charge in [-0.2, -0.15) is 4.98 Å². The zero-order valence-corrected chi connectivity index (χ0v) is 17.6. The number of piperidine rings is 1. The number of aromatic amines is 1. The molecular weight excluding hydrogens is 388 g/mol. The first-order valence-corrected chi connectivity index (χ1v) is 10.6. The SMILES string of the molecule is C=C(N)C1CN(C2CCN(c3n[nH]c(C)n3)CC2)[C@@H](Cc2ccc(Cl)cc2)CO1. The smallest absolute Gasteiger partial charge is 0.244 e. The van der Waals surface area contributed by atoms with Crippen LogP contribution in [0.25, 0.3) is 0 Å². The van der Waals surface area contributed by atoms with E-state index in [-0.39, 0.29) is 6.10 Å². The highest BCUT2D eigenvalue weighted by Gasteiger charge is 2.36. The van der Waals surface area contributed by atoms with Crippen LogP contribution in [-0.4, -0.2) is 64.5 Å². The van der Waals surface area contributed by atoms with Crippen LogP contribution in [0.3, 0.4) is 0 Å². The molecule has 3 heterocycles. The fourth-order valence-corrected chi connectivity index (χ4v) is 4.45. The van der Waals surface area contributed by atoms with E-state index < -0.39 is 0 Å². The number of morpholine rings is 1. The molecule has 2 aliphatic rings. The van der Waals surface area contributed by atoms with Crippen molar-refractivity contribution < 1.29 is 4.74 Å². The summed E-state index contributed by atoms with van der Waals surface area (Å²) < 4.78 is 6.04. The molecule has 8 heteroatoms. The number of hydrogen-bond donors (Lipinski definition) is 2. The second kappa shape index (κ2) is 8.73. The summed E-state index contributed by atoms with van der Waals surface area (Å²) in [6.07, 6.45) is 2.95. The molecule has 0 aliphatic carbocycles. The van der Waals surface area contributed by atoms with Crippen LogP contribution in [0.2, 0.25) is 5.02 Å². The Morgan fingerprint density at radius 3 is 2.66 bits per heavy atom. The van der Waals surface area contributed by atoms with Crippen LogP contribution in [0.15, 0.2) is 36.5 Å². The van der Waals surface area contributed by atoms with E-state index in [0.717, 1.165) is 55.7 Å². The van der Waals surface area contributed by atoms with Crippen LogP contribution < -0.4 is 10.6 Å². The highest BCUT2D eigenvalue weighted by atomic mass is 35.5. The van der Waals surface area contributed by atoms with Gasteiger partial charge in [-0.1, -0.05) is 30.3 Å². The van der Waals surface area contributed by atoms with Crippen LogP contribution in [0.4, 0.5) is 5.95 Å². The summed E-state index contributed by atoms with van der Waals surface area (Å²) in [5.74, 6) is 1.65. The van der Waals surface area contributed by atoms with Gasteiger partial charge in [0.25, 0.3) is 0 Å². The predicted molar refractivity (Wildman–Crippen MR) is 115 cm³/mol. The third-order valence-corrected chi connectivity index (χ3v) is 6.19. The van der Waals surface area contributed by atoms with Gasteiger partial charge in [0.1, 0.15) is 11.9 Å². The number of halogens is 1. The molecule has 2 aromatic rings. The molecule has 2 saturated heterocycles. The lowest BCUT2D eigenvalue weighted by Crippen LogP contribution is -2.58. The van der Waals surface area contributed by atoms with Crippen molar-refractivity contribution in [1.82, 2.24) is 20.1 Å². The average Bonchev–Trinajstić information content (AvgIpc) is 3.16. The molecule has 0 bridgehead atoms. The highest BCUT2D eigenvalue weighted by Crippen LogP contribution is 2.27. The van der Waals surface area contributed by atoms with Crippen molar-refractivity contribution in [3.63, 3.8) is 0 Å². The van der Waals surface area contributed by atoms with E-state index in [1.807, 2.05) is 19.1 Å². The van der Waals surface area contributed by atoms with Crippen molar-refractivity contribution in [3.8, 4) is 0 Å². The van der Waals surface area contributed by atoms with E-state index in [9.17, 15) is 0 Å². The number of hydrogen-bond acceptors (Lipinski definition) is 6. The first kappa shape index (κ1) is 20.2. The summed E-state index contributed by atoms with van der Waals surface area (Å²) >= 11 is 6.05. The standard InChI is InChI=1S/C21H29ClN6O/c1-14(23)20-12-28(19(13-29-20)11-16-3-5-17(22)6-4-16)18-7-9-27(10-8-18)21-24-15(2)25-26-21/h3-6,18-20H,1,7-13,23H2,2H3,(H,24,25,26)/t19-,20?/m0/s1. The predicted octanol–water partition coefficient (Wildman–Crippen LogP) is 2.52. The van der Waals surface area contributed by atoms with Crippen molar-refractivity contribution in [2.24, 2.45) is 5.73 Å². The number of nitrogens with zero attached hydrogens (tertiary/aromatic N) is 4. The Labute approximate surface area is 176 Å². The fraction of sp³-hybridized carbons (Fsp3) is 0.524. The minimum absolute atomic E-state index is 0.106. The van der Waals surface area contributed by atoms with E-state index in [4.69, 9.17) is 22.1 Å². The lowest BCUT2D eigenvalue weighted by atomic mass is 9.96. The lowest BCUT2D eigenvalue weighted by Gasteiger charge is -2.46. The first-order chi connectivity index (χ1) is 14.0. The van der Waals surface area contributed by atoms with Crippen molar-refractivity contribution in [2.75, 3.05) is 31.1 Å². The molecule has 2 aliphatic heterocycles. The maximum atomic E-state index is 6.05. The largest absolute Gasteiger partial charge is 0.400 e. The van der Waals surface area contributed by atoms with Crippen LogP contribution in [0.1, 0.15) is 24.2 Å². The number of ether oxygens (including phenoxy) is 1. The summed E-state index contributed by atoms with van der Waals surface area (Å²) in [7, 11) is 0. The van der Waals surface area contributed by atoms with E-state index in [1.165, 1.54) is 5.56 Å². The molecule has 1 unspecified atom stereocenters. The Morgan fingerprint density at radius 2 is 2.03 bits per heavy atom. The Balaban J connectivity index is 1.44. The summed E-state index contributed by atoms with van der Waals surface area (Å²) in [5.41, 5.74) is 7.86. The van der Waals surface area contributed by atoms with Crippen molar-refractivity contribution >= 4 is 17.5 Å². The molecule has 29 heavy (non-hydrogen) atoms. The number of nitrogens with two attached hydrogens (primary N) is 1. The van der Waals surface area contributed by atoms with Crippen molar-refractivity contribution in [2.45, 2.75) is 44.4 Å². The van der Waals surface area contributed by atoms with Crippen LogP contribution in [0, 0.1) is 6.92 Å². The minimum atomic E-state index is -0.106. The number of aromatic nitrogens is 3. The molecule has 156 valence electrons. The topological polar surface area (TPSA) is 83.3 Å². The third-order valence-electron chi connectivity index (χ3n) is 5.94. The second-order valence-corrected chi connectivity index (χ2v) is 8.45. The molecule has 0 amide bonds. The highest BCUT2D eigenvalue weighted by molar-refractivity contribution is 6.30. The second-order valence-electron chi connectivity index (χ2n) is 8.02. The van der Waals surface area contributed by atoms with Crippen LogP contribution >= 0.6 is 11.6 Å². The van der Waals surface area contributed by atoms with Gasteiger partial charge in [0.2, 0.25) is 5.95 Å². The van der Waals surface area contributed by atoms with E-state index >= 15 is 0 Å². The molecular formula is C21H29ClN6O. The molecule has 2 atom stereocenters. The van der Waals surface area contributed by atoms with Gasteiger partial charge in [-0.3, -0.25) is 10.00 Å². The fourth-order valence-electron chi connectivity index (χ4n) is 4.33. The maximum Gasteiger partial charge on any atom is 0.244 e. The molecule has 1 aromatic carbocycles. The summed E-state index contributed by atoms with van der Waals surface area (Å²) in [5, 5.41) is 8.01. The number of nitrogens with one attached hydrogen (secondary N) is 1. The molecule has 3 N–H and O–H groups in total. The van der Waals surface area contributed by atoms with Crippen LogP contribution in [-0.2, 0) is 11.2 Å². The molecule has 4 rings (SSSR count). The molecule has 0 radical (unpaired) electrons. The number of benzene rings is 1. The van der Waals surface area contributed by atoms with Gasteiger partial charge in [-0.25, -0.2) is 0 Å². The van der Waals surface area contributed by atoms with Gasteiger partial charge >= 0.3 is 0 Å². The van der Waals surface area contributed by atoms with Gasteiger partial charge in [0.15, 0.2) is 0 Å². The number of H-pyrrole nitrogens is 1. The third kappa shape index (κ3) is 4.74. The molecule has 2 fully saturated rings. The van der Waals surface area contributed by atoms with Gasteiger partial charge in [0, 0.05) is 42.4 Å². The molecule has 0 spiro atoms. The van der Waals surface area contributed by atoms with Crippen molar-refractivity contribution in [3.05, 3.63) is 53.0 Å². The van der Waals surface area contributed by atoms with Gasteiger partial charge in [-0.15, -0.1) is 5.10 Å². The molecule has 0 saturated carbocycles. The van der Waals surface area contributed by atoms with Crippen molar-refractivity contribution in [1.29, 1.82) is 0 Å². The van der Waals surface area contributed by atoms with Crippen LogP contribution in [0.5, 0.6) is 0 Å². The maximum absolute atomic E-state index is 6.05. The van der Waals surface area contributed by atoms with Gasteiger partial charge in [0.05, 0.1) is 6.61 Å². The minimum Gasteiger partial charge on any atom is -0.400 e. The molecule has 7 nitrogen and oxygen atoms in total. The first-order valence-electron chi connectivity index (χ1n) is 10.2. The van der Waals surface area contributed by atoms with Gasteiger partial charge in [-0.05, 0) is 43.9 Å². The lowest BCUT2D eigenvalue weighted by molar-refractivity contribution is -0.0679. The number of anilines is 1. The Bertz CT molecular complexity index is 830. The Morgan fingerprint density at radius 1 is 1.31 bits per heavy atom. The zero-order valence-electron chi connectivity index (χ0n) is 16.9. The zero-order chi connectivity index (χ0) is 20.4. The van der Waals surface area contributed by atoms with E-state index in [2.05, 4.69) is 43.7 Å². The average molecular weight is 417 g/mol. The summed E-state index contributed by atoms with van der Waals surface area (Å²) in [4.78, 5) is 9.31. The quantitative estimate of drug-likeness (QED) is 0.779. The summed E-state index contributed by atoms with van der Waals surface area (Å²) in [6, 6.07) is 8.90. The van der Waals surface area contributed by atoms with E-state index in [1.54, 1.807) is 0 Å². The Kier molecular flexibility index (Phi) is 6.08. The monoisotopic (exact) mass is 416 g/mol. The summed E-state index contributed by atoms with van der Waals surface area (Å²) in [6.45, 7) is 9.18. The Hall–Kier alpha value is -2.09. The normalized spacial score (nSPS) is 24.0. The molecule has 1 aromatic heterocycles. The van der Waals surface area contributed by atoms with E-state index in [0.29, 0.717) is 24.4 Å². The number of aryl methyl sites for hydroxylation is 1. The van der Waals surface area contributed by atoms with Gasteiger partial charge < -0.3 is 15.4 Å².